The number of rotatable bonds is 1. The third-order valence-corrected chi connectivity index (χ3v) is 2.87. The second kappa shape index (κ2) is 4.89. The summed E-state index contributed by atoms with van der Waals surface area (Å²) in [6.45, 7) is 0.798. The van der Waals surface area contributed by atoms with Gasteiger partial charge in [0.25, 0.3) is 0 Å². The first-order valence-electron chi connectivity index (χ1n) is 5.41. The molecule has 1 atom stereocenters. The van der Waals surface area contributed by atoms with Gasteiger partial charge in [0.1, 0.15) is 5.82 Å². The zero-order valence-electron chi connectivity index (χ0n) is 9.28. The molecule has 1 fully saturated rings. The molecule has 0 spiro atoms. The smallest absolute Gasteiger partial charge is 0.391 e. The van der Waals surface area contributed by atoms with Crippen LogP contribution in [0.4, 0.5) is 19.0 Å². The van der Waals surface area contributed by atoms with Crippen molar-refractivity contribution in [2.45, 2.75) is 25.1 Å². The minimum absolute atomic E-state index is 0.0982. The maximum absolute atomic E-state index is 12.6. The molecule has 1 aromatic heterocycles. The largest absolute Gasteiger partial charge is 0.433 e. The Morgan fingerprint density at radius 2 is 2.11 bits per heavy atom. The van der Waals surface area contributed by atoms with Crippen LogP contribution in [0.2, 0.25) is 5.28 Å². The Labute approximate surface area is 106 Å². The monoisotopic (exact) mass is 281 g/mol. The fraction of sp³-hybridized carbons (Fsp3) is 0.600. The quantitative estimate of drug-likeness (QED) is 0.801. The predicted molar refractivity (Wildman–Crippen MR) is 59.5 cm³/mol. The number of aromatic nitrogens is 2. The average Bonchev–Trinajstić information content (AvgIpc) is 2.27. The Morgan fingerprint density at radius 1 is 1.39 bits per heavy atom. The highest BCUT2D eigenvalue weighted by atomic mass is 35.5. The maximum Gasteiger partial charge on any atom is 0.433 e. The van der Waals surface area contributed by atoms with Crippen molar-refractivity contribution in [3.63, 3.8) is 0 Å². The van der Waals surface area contributed by atoms with Crippen LogP contribution in [0.5, 0.6) is 0 Å². The van der Waals surface area contributed by atoms with Crippen LogP contribution in [0.1, 0.15) is 18.5 Å². The van der Waals surface area contributed by atoms with Crippen molar-refractivity contribution in [1.82, 2.24) is 9.97 Å². The number of piperidine rings is 1. The molecule has 0 saturated carbocycles. The van der Waals surface area contributed by atoms with E-state index >= 15 is 0 Å². The van der Waals surface area contributed by atoms with Gasteiger partial charge in [-0.3, -0.25) is 0 Å². The Hall–Kier alpha value is -1.08. The van der Waals surface area contributed by atoms with Crippen molar-refractivity contribution >= 4 is 17.4 Å². The minimum atomic E-state index is -4.56. The molecule has 1 aliphatic rings. The van der Waals surface area contributed by atoms with Crippen LogP contribution in [0.15, 0.2) is 6.07 Å². The summed E-state index contributed by atoms with van der Waals surface area (Å²) in [5.41, 5.74) is -1.07. The van der Waals surface area contributed by atoms with Crippen molar-refractivity contribution in [3.8, 4) is 0 Å². The lowest BCUT2D eigenvalue weighted by Gasteiger charge is -2.31. The summed E-state index contributed by atoms with van der Waals surface area (Å²) < 4.78 is 37.7. The van der Waals surface area contributed by atoms with Crippen molar-refractivity contribution in [2.24, 2.45) is 0 Å². The van der Waals surface area contributed by atoms with Crippen LogP contribution in [-0.2, 0) is 6.18 Å². The molecule has 1 aromatic rings. The standard InChI is InChI=1S/C10H11ClF3N3O/c11-9-15-7(10(12,13)14)4-8(16-9)17-3-1-2-6(18)5-17/h4,6,18H,1-3,5H2. The third-order valence-electron chi connectivity index (χ3n) is 2.70. The van der Waals surface area contributed by atoms with Crippen molar-refractivity contribution in [3.05, 3.63) is 17.0 Å². The Morgan fingerprint density at radius 3 is 2.72 bits per heavy atom. The number of aliphatic hydroxyl groups excluding tert-OH is 1. The summed E-state index contributed by atoms with van der Waals surface area (Å²) in [5, 5.41) is 9.05. The van der Waals surface area contributed by atoms with E-state index in [-0.39, 0.29) is 12.4 Å². The van der Waals surface area contributed by atoms with Crippen molar-refractivity contribution in [2.75, 3.05) is 18.0 Å². The highest BCUT2D eigenvalue weighted by Crippen LogP contribution is 2.31. The van der Waals surface area contributed by atoms with Gasteiger partial charge in [0.15, 0.2) is 5.69 Å². The van der Waals surface area contributed by atoms with Gasteiger partial charge in [-0.2, -0.15) is 13.2 Å². The van der Waals surface area contributed by atoms with Gasteiger partial charge in [-0.05, 0) is 24.4 Å². The SMILES string of the molecule is OC1CCCN(c2cc(C(F)(F)F)nc(Cl)n2)C1. The predicted octanol–water partition coefficient (Wildman–Crippen LogP) is 2.11. The van der Waals surface area contributed by atoms with Gasteiger partial charge in [-0.25, -0.2) is 9.97 Å². The molecule has 0 radical (unpaired) electrons. The second-order valence-electron chi connectivity index (χ2n) is 4.12. The van der Waals surface area contributed by atoms with E-state index in [1.165, 1.54) is 0 Å². The molecule has 18 heavy (non-hydrogen) atoms. The third kappa shape index (κ3) is 3.02. The second-order valence-corrected chi connectivity index (χ2v) is 4.46. The summed E-state index contributed by atoms with van der Waals surface area (Å²) in [4.78, 5) is 8.51. The van der Waals surface area contributed by atoms with Crippen LogP contribution in [0, 0.1) is 0 Å². The number of hydrogen-bond acceptors (Lipinski definition) is 4. The molecular weight excluding hydrogens is 271 g/mol. The normalized spacial score (nSPS) is 21.2. The number of hydrogen-bond donors (Lipinski definition) is 1. The molecule has 100 valence electrons. The number of aliphatic hydroxyl groups is 1. The van der Waals surface area contributed by atoms with E-state index in [2.05, 4.69) is 9.97 Å². The molecule has 0 aromatic carbocycles. The molecule has 1 aliphatic heterocycles. The van der Waals surface area contributed by atoms with Crippen LogP contribution in [-0.4, -0.2) is 34.3 Å². The minimum Gasteiger partial charge on any atom is -0.391 e. The number of anilines is 1. The molecular formula is C10H11ClF3N3O. The lowest BCUT2D eigenvalue weighted by Crippen LogP contribution is -2.39. The number of halogens is 4. The van der Waals surface area contributed by atoms with E-state index in [4.69, 9.17) is 11.6 Å². The maximum atomic E-state index is 12.6. The van der Waals surface area contributed by atoms with Crippen molar-refractivity contribution < 1.29 is 18.3 Å². The van der Waals surface area contributed by atoms with Crippen LogP contribution < -0.4 is 4.90 Å². The molecule has 0 amide bonds. The van der Waals surface area contributed by atoms with E-state index in [1.807, 2.05) is 0 Å². The lowest BCUT2D eigenvalue weighted by atomic mass is 10.1. The summed E-state index contributed by atoms with van der Waals surface area (Å²) >= 11 is 5.50. The first-order chi connectivity index (χ1) is 8.36. The van der Waals surface area contributed by atoms with Crippen LogP contribution in [0.25, 0.3) is 0 Å². The van der Waals surface area contributed by atoms with E-state index < -0.39 is 23.3 Å². The van der Waals surface area contributed by atoms with Crippen molar-refractivity contribution in [1.29, 1.82) is 0 Å². The number of alkyl halides is 3. The molecule has 2 heterocycles. The van der Waals surface area contributed by atoms with Gasteiger partial charge in [-0.1, -0.05) is 0 Å². The average molecular weight is 282 g/mol. The highest BCUT2D eigenvalue weighted by molar-refractivity contribution is 6.28. The molecule has 0 aliphatic carbocycles. The van der Waals surface area contributed by atoms with E-state index in [0.717, 1.165) is 6.07 Å². The van der Waals surface area contributed by atoms with E-state index in [1.54, 1.807) is 4.90 Å². The summed E-state index contributed by atoms with van der Waals surface area (Å²) in [6, 6.07) is 0.851. The fourth-order valence-corrected chi connectivity index (χ4v) is 2.05. The first-order valence-corrected chi connectivity index (χ1v) is 5.79. The molecule has 2 rings (SSSR count). The zero-order valence-corrected chi connectivity index (χ0v) is 10.0. The molecule has 1 N–H and O–H groups in total. The Bertz CT molecular complexity index is 441. The number of β-amino-alcohol motifs (C(OH)–C–C–N with tert-alkyl or cyclic N) is 1. The van der Waals surface area contributed by atoms with Gasteiger partial charge in [-0.15, -0.1) is 0 Å². The summed E-state index contributed by atoms with van der Waals surface area (Å²) in [5.74, 6) is 0.0982. The topological polar surface area (TPSA) is 49.2 Å². The van der Waals surface area contributed by atoms with E-state index in [0.29, 0.717) is 19.4 Å². The van der Waals surface area contributed by atoms with E-state index in [9.17, 15) is 18.3 Å². The van der Waals surface area contributed by atoms with Gasteiger partial charge in [0.2, 0.25) is 5.28 Å². The summed E-state index contributed by atoms with van der Waals surface area (Å²) in [6.07, 6.45) is -3.77. The lowest BCUT2D eigenvalue weighted by molar-refractivity contribution is -0.141. The highest BCUT2D eigenvalue weighted by Gasteiger charge is 2.34. The fourth-order valence-electron chi connectivity index (χ4n) is 1.88. The Balaban J connectivity index is 2.30. The molecule has 1 unspecified atom stereocenters. The van der Waals surface area contributed by atoms with Gasteiger partial charge < -0.3 is 10.0 Å². The molecule has 0 bridgehead atoms. The molecule has 4 nitrogen and oxygen atoms in total. The zero-order chi connectivity index (χ0) is 13.3. The van der Waals surface area contributed by atoms with Gasteiger partial charge >= 0.3 is 6.18 Å². The van der Waals surface area contributed by atoms with Gasteiger partial charge in [0.05, 0.1) is 6.10 Å². The van der Waals surface area contributed by atoms with Crippen LogP contribution >= 0.6 is 11.6 Å². The molecule has 1 saturated heterocycles. The van der Waals surface area contributed by atoms with Crippen LogP contribution in [0.3, 0.4) is 0 Å². The van der Waals surface area contributed by atoms with Gasteiger partial charge in [0, 0.05) is 19.2 Å². The number of nitrogens with zero attached hydrogens (tertiary/aromatic N) is 3. The molecule has 8 heteroatoms. The summed E-state index contributed by atoms with van der Waals surface area (Å²) in [7, 11) is 0. The first kappa shape index (κ1) is 13.4. The Kier molecular flexibility index (Phi) is 3.63.